The predicted octanol–water partition coefficient (Wildman–Crippen LogP) is 1.67. The van der Waals surface area contributed by atoms with Crippen LogP contribution in [0.2, 0.25) is 0 Å². The van der Waals surface area contributed by atoms with E-state index in [4.69, 9.17) is 0 Å². The molecule has 1 aliphatic heterocycles. The van der Waals surface area contributed by atoms with Gasteiger partial charge in [0, 0.05) is 45.4 Å². The minimum Gasteiger partial charge on any atom is -0.339 e. The Morgan fingerprint density at radius 3 is 2.70 bits per heavy atom. The van der Waals surface area contributed by atoms with Gasteiger partial charge in [-0.25, -0.2) is 9.48 Å². The Labute approximate surface area is 159 Å². The molecular formula is C19H30N6O2. The van der Waals surface area contributed by atoms with Gasteiger partial charge in [0.25, 0.3) is 0 Å². The molecule has 1 amide bonds. The Hall–Kier alpha value is -2.38. The second-order valence-corrected chi connectivity index (χ2v) is 8.01. The van der Waals surface area contributed by atoms with Crippen molar-refractivity contribution in [3.05, 3.63) is 33.8 Å². The van der Waals surface area contributed by atoms with Gasteiger partial charge in [0.2, 0.25) is 5.91 Å². The number of amides is 1. The van der Waals surface area contributed by atoms with Crippen LogP contribution in [0.4, 0.5) is 0 Å². The SMILES string of the molecule is Cc1nn(C)cc1CN(C)C(=O)C1CCCCc2nn(CC(C)C)c(=O)n21. The molecule has 0 radical (unpaired) electrons. The largest absolute Gasteiger partial charge is 0.346 e. The van der Waals surface area contributed by atoms with Crippen LogP contribution >= 0.6 is 0 Å². The molecule has 0 saturated carbocycles. The molecule has 0 bridgehead atoms. The number of hydrogen-bond acceptors (Lipinski definition) is 4. The van der Waals surface area contributed by atoms with Crippen LogP contribution in [-0.2, 0) is 31.4 Å². The van der Waals surface area contributed by atoms with E-state index in [2.05, 4.69) is 24.0 Å². The molecule has 2 aromatic heterocycles. The van der Waals surface area contributed by atoms with Crippen LogP contribution in [0.25, 0.3) is 0 Å². The van der Waals surface area contributed by atoms with Gasteiger partial charge in [0.05, 0.1) is 5.69 Å². The van der Waals surface area contributed by atoms with E-state index < -0.39 is 6.04 Å². The van der Waals surface area contributed by atoms with Gasteiger partial charge in [0.1, 0.15) is 11.9 Å². The smallest absolute Gasteiger partial charge is 0.339 e. The minimum atomic E-state index is -0.474. The lowest BCUT2D eigenvalue weighted by molar-refractivity contribution is -0.134. The summed E-state index contributed by atoms with van der Waals surface area (Å²) in [5.74, 6) is 1.03. The van der Waals surface area contributed by atoms with E-state index in [1.54, 1.807) is 21.2 Å². The summed E-state index contributed by atoms with van der Waals surface area (Å²) in [5, 5.41) is 8.87. The highest BCUT2D eigenvalue weighted by Gasteiger charge is 2.31. The van der Waals surface area contributed by atoms with Crippen LogP contribution in [0.1, 0.15) is 56.2 Å². The molecule has 0 fully saturated rings. The fourth-order valence-corrected chi connectivity index (χ4v) is 3.79. The van der Waals surface area contributed by atoms with E-state index in [0.29, 0.717) is 25.4 Å². The van der Waals surface area contributed by atoms with Crippen LogP contribution in [0.5, 0.6) is 0 Å². The molecule has 0 spiro atoms. The number of nitrogens with zero attached hydrogens (tertiary/aromatic N) is 6. The van der Waals surface area contributed by atoms with Crippen LogP contribution < -0.4 is 5.69 Å². The lowest BCUT2D eigenvalue weighted by Gasteiger charge is -2.23. The van der Waals surface area contributed by atoms with Crippen LogP contribution in [0.15, 0.2) is 11.0 Å². The highest BCUT2D eigenvalue weighted by Crippen LogP contribution is 2.24. The van der Waals surface area contributed by atoms with Crippen LogP contribution in [0.3, 0.4) is 0 Å². The normalized spacial score (nSPS) is 17.0. The molecule has 0 N–H and O–H groups in total. The van der Waals surface area contributed by atoms with Gasteiger partial charge in [-0.1, -0.05) is 20.3 Å². The van der Waals surface area contributed by atoms with E-state index >= 15 is 0 Å². The number of rotatable bonds is 5. The maximum absolute atomic E-state index is 13.2. The van der Waals surface area contributed by atoms with Gasteiger partial charge in [0.15, 0.2) is 0 Å². The average molecular weight is 374 g/mol. The summed E-state index contributed by atoms with van der Waals surface area (Å²) in [5.41, 5.74) is 1.77. The van der Waals surface area contributed by atoms with Crippen molar-refractivity contribution in [1.29, 1.82) is 0 Å². The maximum Gasteiger partial charge on any atom is 0.346 e. The molecule has 0 aliphatic carbocycles. The molecule has 27 heavy (non-hydrogen) atoms. The van der Waals surface area contributed by atoms with Gasteiger partial charge >= 0.3 is 5.69 Å². The quantitative estimate of drug-likeness (QED) is 0.798. The number of aromatic nitrogens is 5. The second kappa shape index (κ2) is 7.70. The van der Waals surface area contributed by atoms with E-state index in [0.717, 1.165) is 36.3 Å². The molecule has 1 atom stereocenters. The van der Waals surface area contributed by atoms with E-state index in [1.807, 2.05) is 20.2 Å². The summed E-state index contributed by atoms with van der Waals surface area (Å²) in [4.78, 5) is 27.9. The fraction of sp³-hybridized carbons (Fsp3) is 0.684. The lowest BCUT2D eigenvalue weighted by atomic mass is 10.1. The minimum absolute atomic E-state index is 0.0346. The van der Waals surface area contributed by atoms with Crippen molar-refractivity contribution in [2.45, 2.75) is 65.6 Å². The molecule has 1 unspecified atom stereocenters. The number of likely N-dealkylation sites (N-methyl/N-ethyl adjacent to an activating group) is 1. The molecule has 3 heterocycles. The highest BCUT2D eigenvalue weighted by atomic mass is 16.2. The van der Waals surface area contributed by atoms with Gasteiger partial charge in [-0.05, 0) is 25.7 Å². The topological polar surface area (TPSA) is 78.0 Å². The summed E-state index contributed by atoms with van der Waals surface area (Å²) in [6.07, 6.45) is 5.23. The average Bonchev–Trinajstić information content (AvgIpc) is 2.97. The highest BCUT2D eigenvalue weighted by molar-refractivity contribution is 5.80. The number of carbonyl (C=O) groups is 1. The fourth-order valence-electron chi connectivity index (χ4n) is 3.79. The molecule has 3 rings (SSSR count). The van der Waals surface area contributed by atoms with Gasteiger partial charge in [-0.15, -0.1) is 0 Å². The van der Waals surface area contributed by atoms with Gasteiger partial charge in [-0.2, -0.15) is 10.2 Å². The maximum atomic E-state index is 13.2. The Bertz CT molecular complexity index is 875. The first-order chi connectivity index (χ1) is 12.8. The first kappa shape index (κ1) is 19.4. The molecule has 148 valence electrons. The number of aryl methyl sites for hydroxylation is 3. The van der Waals surface area contributed by atoms with Crippen molar-refractivity contribution >= 4 is 5.91 Å². The molecule has 8 heteroatoms. The Balaban J connectivity index is 1.87. The Kier molecular flexibility index (Phi) is 5.53. The van der Waals surface area contributed by atoms with Crippen molar-refractivity contribution in [3.8, 4) is 0 Å². The predicted molar refractivity (Wildman–Crippen MR) is 102 cm³/mol. The molecule has 0 saturated heterocycles. The number of fused-ring (bicyclic) bond motifs is 1. The van der Waals surface area contributed by atoms with Crippen LogP contribution in [0, 0.1) is 12.8 Å². The van der Waals surface area contributed by atoms with Gasteiger partial charge in [-0.3, -0.25) is 14.0 Å². The van der Waals surface area contributed by atoms with E-state index in [9.17, 15) is 9.59 Å². The molecule has 2 aromatic rings. The molecule has 0 aromatic carbocycles. The third-order valence-corrected chi connectivity index (χ3v) is 5.10. The number of hydrogen-bond donors (Lipinski definition) is 0. The summed E-state index contributed by atoms with van der Waals surface area (Å²) in [6, 6.07) is -0.474. The zero-order valence-electron chi connectivity index (χ0n) is 17.0. The summed E-state index contributed by atoms with van der Waals surface area (Å²) in [7, 11) is 3.67. The number of carbonyl (C=O) groups excluding carboxylic acids is 1. The van der Waals surface area contributed by atoms with Crippen LogP contribution in [-0.4, -0.2) is 42.0 Å². The third kappa shape index (κ3) is 3.99. The summed E-state index contributed by atoms with van der Waals surface area (Å²) >= 11 is 0. The second-order valence-electron chi connectivity index (χ2n) is 8.01. The molecule has 1 aliphatic rings. The Morgan fingerprint density at radius 1 is 1.33 bits per heavy atom. The summed E-state index contributed by atoms with van der Waals surface area (Å²) in [6.45, 7) is 7.12. The van der Waals surface area contributed by atoms with Crippen molar-refractivity contribution in [1.82, 2.24) is 29.0 Å². The standard InChI is InChI=1S/C19H30N6O2/c1-13(2)10-24-19(27)25-16(8-6-7-9-17(25)21-24)18(26)22(4)11-15-12-23(5)20-14(15)3/h12-13,16H,6-11H2,1-5H3. The molecular weight excluding hydrogens is 344 g/mol. The Morgan fingerprint density at radius 2 is 2.07 bits per heavy atom. The van der Waals surface area contributed by atoms with Crippen molar-refractivity contribution in [2.24, 2.45) is 13.0 Å². The zero-order chi connectivity index (χ0) is 19.7. The van der Waals surface area contributed by atoms with Crippen molar-refractivity contribution in [2.75, 3.05) is 7.05 Å². The molecule has 8 nitrogen and oxygen atoms in total. The van der Waals surface area contributed by atoms with E-state index in [-0.39, 0.29) is 11.6 Å². The zero-order valence-corrected chi connectivity index (χ0v) is 17.0. The monoisotopic (exact) mass is 374 g/mol. The van der Waals surface area contributed by atoms with Gasteiger partial charge < -0.3 is 4.90 Å². The third-order valence-electron chi connectivity index (χ3n) is 5.10. The first-order valence-electron chi connectivity index (χ1n) is 9.70. The van der Waals surface area contributed by atoms with E-state index in [1.165, 1.54) is 4.68 Å². The summed E-state index contributed by atoms with van der Waals surface area (Å²) < 4.78 is 4.92. The first-order valence-corrected chi connectivity index (χ1v) is 9.70. The lowest BCUT2D eigenvalue weighted by Crippen LogP contribution is -2.39. The van der Waals surface area contributed by atoms with Crippen molar-refractivity contribution in [3.63, 3.8) is 0 Å². The van der Waals surface area contributed by atoms with Crippen molar-refractivity contribution < 1.29 is 4.79 Å².